The molecule has 1 N–H and O–H groups in total. The molecule has 0 saturated carbocycles. The number of aromatic nitrogens is 2. The molecule has 0 fully saturated rings. The predicted octanol–water partition coefficient (Wildman–Crippen LogP) is 3.60. The maximum atomic E-state index is 11.1. The van der Waals surface area contributed by atoms with Gasteiger partial charge in [-0.25, -0.2) is 9.78 Å². The summed E-state index contributed by atoms with van der Waals surface area (Å²) >= 11 is 1.71. The maximum Gasteiger partial charge on any atom is 0.335 e. The summed E-state index contributed by atoms with van der Waals surface area (Å²) in [4.78, 5) is 15.6. The van der Waals surface area contributed by atoms with Gasteiger partial charge >= 0.3 is 5.97 Å². The van der Waals surface area contributed by atoms with Crippen LogP contribution in [0.4, 0.5) is 0 Å². The van der Waals surface area contributed by atoms with Gasteiger partial charge < -0.3 is 9.67 Å². The highest BCUT2D eigenvalue weighted by Gasteiger charge is 2.12. The van der Waals surface area contributed by atoms with Crippen molar-refractivity contribution >= 4 is 28.3 Å². The number of carbonyl (C=O) groups is 1. The fourth-order valence-electron chi connectivity index (χ4n) is 2.51. The molecule has 21 heavy (non-hydrogen) atoms. The van der Waals surface area contributed by atoms with Gasteiger partial charge in [0.05, 0.1) is 16.6 Å². The molecule has 1 aromatic carbocycles. The van der Waals surface area contributed by atoms with Gasteiger partial charge in [-0.15, -0.1) is 0 Å². The SMILES string of the molecule is CCc1nc2cc(C(=O)O)ccc2n1CCc1ccsc1. The molecule has 4 nitrogen and oxygen atoms in total. The summed E-state index contributed by atoms with van der Waals surface area (Å²) in [5.74, 6) is 0.0885. The molecular weight excluding hydrogens is 284 g/mol. The van der Waals surface area contributed by atoms with Gasteiger partial charge in [0.15, 0.2) is 0 Å². The van der Waals surface area contributed by atoms with Gasteiger partial charge in [0.1, 0.15) is 5.82 Å². The number of imidazole rings is 1. The van der Waals surface area contributed by atoms with E-state index in [-0.39, 0.29) is 5.56 Å². The Bertz CT molecular complexity index is 775. The molecule has 108 valence electrons. The molecule has 5 heteroatoms. The van der Waals surface area contributed by atoms with Crippen LogP contribution < -0.4 is 0 Å². The van der Waals surface area contributed by atoms with Crippen LogP contribution >= 0.6 is 11.3 Å². The molecule has 2 heterocycles. The Labute approximate surface area is 126 Å². The van der Waals surface area contributed by atoms with Gasteiger partial charge in [0.25, 0.3) is 0 Å². The van der Waals surface area contributed by atoms with Crippen molar-refractivity contribution in [3.05, 3.63) is 52.0 Å². The van der Waals surface area contributed by atoms with Gasteiger partial charge in [-0.1, -0.05) is 6.92 Å². The second kappa shape index (κ2) is 5.69. The zero-order valence-corrected chi connectivity index (χ0v) is 12.6. The van der Waals surface area contributed by atoms with Crippen LogP contribution in [0.2, 0.25) is 0 Å². The van der Waals surface area contributed by atoms with Gasteiger partial charge in [0.2, 0.25) is 0 Å². The Kier molecular flexibility index (Phi) is 3.75. The molecule has 0 saturated heterocycles. The minimum absolute atomic E-state index is 0.285. The first-order valence-electron chi connectivity index (χ1n) is 6.92. The monoisotopic (exact) mass is 300 g/mol. The minimum atomic E-state index is -0.914. The van der Waals surface area contributed by atoms with Crippen LogP contribution in [-0.2, 0) is 19.4 Å². The van der Waals surface area contributed by atoms with Crippen molar-refractivity contribution in [2.75, 3.05) is 0 Å². The summed E-state index contributed by atoms with van der Waals surface area (Å²) in [7, 11) is 0. The summed E-state index contributed by atoms with van der Waals surface area (Å²) < 4.78 is 2.19. The predicted molar refractivity (Wildman–Crippen MR) is 84.1 cm³/mol. The summed E-state index contributed by atoms with van der Waals surface area (Å²) in [6, 6.07) is 7.29. The van der Waals surface area contributed by atoms with Crippen molar-refractivity contribution in [3.8, 4) is 0 Å². The van der Waals surface area contributed by atoms with E-state index >= 15 is 0 Å². The van der Waals surface area contributed by atoms with Gasteiger partial charge in [-0.05, 0) is 47.0 Å². The topological polar surface area (TPSA) is 55.1 Å². The Hall–Kier alpha value is -2.14. The number of carboxylic acid groups (broad SMARTS) is 1. The second-order valence-corrected chi connectivity index (χ2v) is 5.70. The minimum Gasteiger partial charge on any atom is -0.478 e. The van der Waals surface area contributed by atoms with E-state index in [9.17, 15) is 4.79 Å². The van der Waals surface area contributed by atoms with Crippen LogP contribution in [0.25, 0.3) is 11.0 Å². The normalized spacial score (nSPS) is 11.1. The first-order chi connectivity index (χ1) is 10.2. The molecule has 0 atom stereocenters. The molecule has 0 aliphatic carbocycles. The smallest absolute Gasteiger partial charge is 0.335 e. The van der Waals surface area contributed by atoms with Crippen LogP contribution in [0.5, 0.6) is 0 Å². The Balaban J connectivity index is 1.97. The highest BCUT2D eigenvalue weighted by Crippen LogP contribution is 2.20. The molecule has 0 aliphatic heterocycles. The first kappa shape index (κ1) is 13.8. The van der Waals surface area contributed by atoms with E-state index in [1.165, 1.54) is 5.56 Å². The van der Waals surface area contributed by atoms with Crippen LogP contribution in [0, 0.1) is 0 Å². The maximum absolute atomic E-state index is 11.1. The van der Waals surface area contributed by atoms with Gasteiger partial charge in [-0.2, -0.15) is 11.3 Å². The van der Waals surface area contributed by atoms with E-state index in [1.807, 2.05) is 6.07 Å². The fourth-order valence-corrected chi connectivity index (χ4v) is 3.21. The number of fused-ring (bicyclic) bond motifs is 1. The summed E-state index contributed by atoms with van der Waals surface area (Å²) in [5.41, 5.74) is 3.38. The van der Waals surface area contributed by atoms with Crippen molar-refractivity contribution < 1.29 is 9.90 Å². The van der Waals surface area contributed by atoms with E-state index in [0.29, 0.717) is 0 Å². The third-order valence-electron chi connectivity index (χ3n) is 3.59. The molecule has 0 unspecified atom stereocenters. The number of aromatic carboxylic acids is 1. The lowest BCUT2D eigenvalue weighted by atomic mass is 10.2. The number of nitrogens with zero attached hydrogens (tertiary/aromatic N) is 2. The second-order valence-electron chi connectivity index (χ2n) is 4.92. The highest BCUT2D eigenvalue weighted by molar-refractivity contribution is 7.07. The van der Waals surface area contributed by atoms with Crippen LogP contribution in [0.15, 0.2) is 35.0 Å². The van der Waals surface area contributed by atoms with E-state index in [1.54, 1.807) is 23.5 Å². The number of thiophene rings is 1. The number of rotatable bonds is 5. The lowest BCUT2D eigenvalue weighted by Gasteiger charge is -2.07. The summed E-state index contributed by atoms with van der Waals surface area (Å²) in [5, 5.41) is 13.3. The van der Waals surface area contributed by atoms with Gasteiger partial charge in [-0.3, -0.25) is 0 Å². The third-order valence-corrected chi connectivity index (χ3v) is 4.33. The molecule has 0 aliphatic rings. The Morgan fingerprint density at radius 1 is 1.38 bits per heavy atom. The van der Waals surface area contributed by atoms with Crippen molar-refractivity contribution in [1.82, 2.24) is 9.55 Å². The molecule has 3 rings (SSSR count). The van der Waals surface area contributed by atoms with Crippen molar-refractivity contribution in [1.29, 1.82) is 0 Å². The molecule has 3 aromatic rings. The van der Waals surface area contributed by atoms with Crippen molar-refractivity contribution in [3.63, 3.8) is 0 Å². The lowest BCUT2D eigenvalue weighted by molar-refractivity contribution is 0.0697. The number of aryl methyl sites for hydroxylation is 3. The lowest BCUT2D eigenvalue weighted by Crippen LogP contribution is -2.05. The molecule has 0 radical (unpaired) electrons. The third kappa shape index (κ3) is 2.69. The van der Waals surface area contributed by atoms with E-state index in [2.05, 4.69) is 33.3 Å². The average Bonchev–Trinajstić information content (AvgIpc) is 3.11. The molecule has 0 spiro atoms. The van der Waals surface area contributed by atoms with Crippen LogP contribution in [-0.4, -0.2) is 20.6 Å². The molecule has 0 amide bonds. The van der Waals surface area contributed by atoms with Crippen LogP contribution in [0.3, 0.4) is 0 Å². The zero-order chi connectivity index (χ0) is 14.8. The Morgan fingerprint density at radius 3 is 2.90 bits per heavy atom. The zero-order valence-electron chi connectivity index (χ0n) is 11.7. The Morgan fingerprint density at radius 2 is 2.24 bits per heavy atom. The number of hydrogen-bond donors (Lipinski definition) is 1. The van der Waals surface area contributed by atoms with E-state index in [4.69, 9.17) is 5.11 Å². The van der Waals surface area contributed by atoms with E-state index in [0.717, 1.165) is 36.2 Å². The summed E-state index contributed by atoms with van der Waals surface area (Å²) in [6.07, 6.45) is 1.80. The van der Waals surface area contributed by atoms with Gasteiger partial charge in [0, 0.05) is 13.0 Å². The molecule has 0 bridgehead atoms. The van der Waals surface area contributed by atoms with E-state index < -0.39 is 5.97 Å². The summed E-state index contributed by atoms with van der Waals surface area (Å²) in [6.45, 7) is 2.93. The van der Waals surface area contributed by atoms with Crippen molar-refractivity contribution in [2.24, 2.45) is 0 Å². The molecule has 2 aromatic heterocycles. The highest BCUT2D eigenvalue weighted by atomic mass is 32.1. The average molecular weight is 300 g/mol. The fraction of sp³-hybridized carbons (Fsp3) is 0.250. The van der Waals surface area contributed by atoms with Crippen molar-refractivity contribution in [2.45, 2.75) is 26.3 Å². The largest absolute Gasteiger partial charge is 0.478 e. The number of hydrogen-bond acceptors (Lipinski definition) is 3. The number of benzene rings is 1. The molecular formula is C16H16N2O2S. The first-order valence-corrected chi connectivity index (χ1v) is 7.87. The standard InChI is InChI=1S/C16H16N2O2S/c1-2-15-17-13-9-12(16(19)20)3-4-14(13)18(15)7-5-11-6-8-21-10-11/h3-4,6,8-10H,2,5,7H2,1H3,(H,19,20). The van der Waals surface area contributed by atoms with Crippen LogP contribution in [0.1, 0.15) is 28.7 Å². The quantitative estimate of drug-likeness (QED) is 0.783. The number of carboxylic acids is 1.